The molecule has 3 unspecified atom stereocenters. The molecule has 0 saturated heterocycles. The smallest absolute Gasteiger partial charge is 0.0751 e. The molecule has 0 aromatic carbocycles. The van der Waals surface area contributed by atoms with Crippen molar-refractivity contribution >= 4 is 7.85 Å². The van der Waals surface area contributed by atoms with Gasteiger partial charge < -0.3 is 10.2 Å². The van der Waals surface area contributed by atoms with Gasteiger partial charge in [0, 0.05) is 5.41 Å². The van der Waals surface area contributed by atoms with Gasteiger partial charge in [-0.1, -0.05) is 86.9 Å². The van der Waals surface area contributed by atoms with Gasteiger partial charge in [0.2, 0.25) is 0 Å². The molecule has 2 N–H and O–H groups in total. The first-order valence-corrected chi connectivity index (χ1v) is 9.23. The zero-order valence-electron chi connectivity index (χ0n) is 17.2. The van der Waals surface area contributed by atoms with E-state index in [9.17, 15) is 10.2 Å². The van der Waals surface area contributed by atoms with Crippen molar-refractivity contribution in [1.29, 1.82) is 0 Å². The highest BCUT2D eigenvalue weighted by atomic mass is 16.3. The minimum atomic E-state index is -0.670. The van der Waals surface area contributed by atoms with Crippen molar-refractivity contribution in [3.05, 3.63) is 0 Å². The van der Waals surface area contributed by atoms with Crippen LogP contribution < -0.4 is 0 Å². The zero-order chi connectivity index (χ0) is 18.7. The number of hydrogen-bond acceptors (Lipinski definition) is 2. The first kappa shape index (κ1) is 23.0. The van der Waals surface area contributed by atoms with Crippen LogP contribution in [-0.2, 0) is 0 Å². The summed E-state index contributed by atoms with van der Waals surface area (Å²) in [4.78, 5) is 0. The fourth-order valence-electron chi connectivity index (χ4n) is 3.63. The molecule has 0 amide bonds. The third-order valence-corrected chi connectivity index (χ3v) is 6.45. The molecule has 0 rings (SSSR count). The molecule has 2 nitrogen and oxygen atoms in total. The summed E-state index contributed by atoms with van der Waals surface area (Å²) < 4.78 is 0. The van der Waals surface area contributed by atoms with E-state index >= 15 is 0 Å². The Morgan fingerprint density at radius 2 is 1.43 bits per heavy atom. The van der Waals surface area contributed by atoms with E-state index in [1.54, 1.807) is 0 Å². The molecule has 0 fully saturated rings. The lowest BCUT2D eigenvalue weighted by molar-refractivity contribution is -0.0878. The molecule has 3 atom stereocenters. The fraction of sp³-hybridized carbons (Fsp3) is 1.00. The van der Waals surface area contributed by atoms with Crippen LogP contribution in [0.25, 0.3) is 0 Å². The Hall–Kier alpha value is -0.0151. The average Bonchev–Trinajstić information content (AvgIpc) is 2.42. The maximum Gasteiger partial charge on any atom is 0.0751 e. The summed E-state index contributed by atoms with van der Waals surface area (Å²) in [5.41, 5.74) is -0.956. The largest absolute Gasteiger partial charge is 0.396 e. The molecular formula is C20H41BO2. The standard InChI is InChI=1S/C20H41BO2/c1-10-11-12-15(2)17(3,4)13-20(9,21)19(7,8)16(23)18(5,6)14-22/h15-16,22-23H,10-14H2,1-9H3. The van der Waals surface area contributed by atoms with Crippen LogP contribution in [0.5, 0.6) is 0 Å². The first-order chi connectivity index (χ1) is 10.2. The van der Waals surface area contributed by atoms with Crippen LogP contribution >= 0.6 is 0 Å². The van der Waals surface area contributed by atoms with Gasteiger partial charge in [-0.3, -0.25) is 0 Å². The predicted octanol–water partition coefficient (Wildman–Crippen LogP) is 4.98. The molecule has 136 valence electrons. The van der Waals surface area contributed by atoms with Crippen LogP contribution in [0.4, 0.5) is 0 Å². The lowest BCUT2D eigenvalue weighted by Gasteiger charge is -2.53. The summed E-state index contributed by atoms with van der Waals surface area (Å²) in [5, 5.41) is 20.0. The Labute approximate surface area is 146 Å². The van der Waals surface area contributed by atoms with E-state index in [-0.39, 0.29) is 12.0 Å². The SMILES string of the molecule is [B]C(C)(CC(C)(C)C(C)CCCC)C(C)(C)C(O)C(C)(C)CO. The third-order valence-electron chi connectivity index (χ3n) is 6.45. The lowest BCUT2D eigenvalue weighted by Crippen LogP contribution is -2.50. The Morgan fingerprint density at radius 1 is 0.957 bits per heavy atom. The Bertz CT molecular complexity index is 359. The molecule has 0 aromatic rings. The lowest BCUT2D eigenvalue weighted by atomic mass is 9.45. The van der Waals surface area contributed by atoms with Gasteiger partial charge in [-0.25, -0.2) is 0 Å². The van der Waals surface area contributed by atoms with Crippen molar-refractivity contribution in [2.45, 2.75) is 99.4 Å². The molecule has 0 saturated carbocycles. The molecular weight excluding hydrogens is 283 g/mol. The summed E-state index contributed by atoms with van der Waals surface area (Å²) in [6.07, 6.45) is 3.85. The molecule has 0 aliphatic carbocycles. The van der Waals surface area contributed by atoms with E-state index in [4.69, 9.17) is 7.85 Å². The molecule has 0 aliphatic rings. The van der Waals surface area contributed by atoms with Crippen molar-refractivity contribution in [1.82, 2.24) is 0 Å². The molecule has 0 heterocycles. The highest BCUT2D eigenvalue weighted by Crippen LogP contribution is 2.56. The second-order valence-corrected chi connectivity index (χ2v) is 9.90. The predicted molar refractivity (Wildman–Crippen MR) is 102 cm³/mol. The van der Waals surface area contributed by atoms with Crippen LogP contribution in [0, 0.1) is 22.2 Å². The van der Waals surface area contributed by atoms with Crippen LogP contribution in [0.2, 0.25) is 5.31 Å². The van der Waals surface area contributed by atoms with Crippen molar-refractivity contribution in [2.75, 3.05) is 6.61 Å². The van der Waals surface area contributed by atoms with Gasteiger partial charge in [-0.15, -0.1) is 0 Å². The maximum absolute atomic E-state index is 10.9. The Kier molecular flexibility index (Phi) is 7.90. The van der Waals surface area contributed by atoms with Gasteiger partial charge in [-0.2, -0.15) is 0 Å². The zero-order valence-corrected chi connectivity index (χ0v) is 17.2. The molecule has 0 spiro atoms. The summed E-state index contributed by atoms with van der Waals surface area (Å²) in [7, 11) is 6.76. The monoisotopic (exact) mass is 324 g/mol. The fourth-order valence-corrected chi connectivity index (χ4v) is 3.63. The van der Waals surface area contributed by atoms with Crippen molar-refractivity contribution in [3.8, 4) is 0 Å². The Balaban J connectivity index is 5.30. The van der Waals surface area contributed by atoms with Crippen molar-refractivity contribution < 1.29 is 10.2 Å². The molecule has 0 aliphatic heterocycles. The van der Waals surface area contributed by atoms with Crippen LogP contribution in [0.3, 0.4) is 0 Å². The van der Waals surface area contributed by atoms with E-state index < -0.39 is 22.2 Å². The second kappa shape index (κ2) is 7.91. The summed E-state index contributed by atoms with van der Waals surface area (Å²) in [6.45, 7) is 19.0. The molecule has 0 bridgehead atoms. The topological polar surface area (TPSA) is 40.5 Å². The quantitative estimate of drug-likeness (QED) is 0.556. The third kappa shape index (κ3) is 5.49. The van der Waals surface area contributed by atoms with Gasteiger partial charge in [0.05, 0.1) is 20.6 Å². The minimum absolute atomic E-state index is 0.0516. The molecule has 23 heavy (non-hydrogen) atoms. The highest BCUT2D eigenvalue weighted by molar-refractivity contribution is 6.15. The van der Waals surface area contributed by atoms with E-state index in [2.05, 4.69) is 34.6 Å². The molecule has 3 heteroatoms. The van der Waals surface area contributed by atoms with Crippen LogP contribution in [-0.4, -0.2) is 30.8 Å². The number of aliphatic hydroxyl groups is 2. The number of rotatable bonds is 10. The average molecular weight is 324 g/mol. The van der Waals surface area contributed by atoms with E-state index in [0.717, 1.165) is 6.42 Å². The summed E-state index contributed by atoms with van der Waals surface area (Å²) in [6, 6.07) is 0. The summed E-state index contributed by atoms with van der Waals surface area (Å²) >= 11 is 0. The second-order valence-electron chi connectivity index (χ2n) is 9.90. The maximum atomic E-state index is 10.9. The highest BCUT2D eigenvalue weighted by Gasteiger charge is 2.49. The number of unbranched alkanes of at least 4 members (excludes halogenated alkanes) is 1. The molecule has 0 aromatic heterocycles. The van der Waals surface area contributed by atoms with E-state index in [1.165, 1.54) is 19.3 Å². The van der Waals surface area contributed by atoms with Gasteiger partial charge in [0.25, 0.3) is 0 Å². The number of aliphatic hydroxyl groups excluding tert-OH is 2. The normalized spacial score (nSPS) is 19.3. The Morgan fingerprint density at radius 3 is 1.83 bits per heavy atom. The van der Waals surface area contributed by atoms with Crippen LogP contribution in [0.1, 0.15) is 88.0 Å². The van der Waals surface area contributed by atoms with Gasteiger partial charge in [0.15, 0.2) is 0 Å². The van der Waals surface area contributed by atoms with Gasteiger partial charge in [-0.05, 0) is 23.2 Å². The van der Waals surface area contributed by atoms with Crippen molar-refractivity contribution in [3.63, 3.8) is 0 Å². The number of hydrogen-bond donors (Lipinski definition) is 2. The minimum Gasteiger partial charge on any atom is -0.396 e. The van der Waals surface area contributed by atoms with Crippen molar-refractivity contribution in [2.24, 2.45) is 22.2 Å². The first-order valence-electron chi connectivity index (χ1n) is 9.23. The van der Waals surface area contributed by atoms with Crippen LogP contribution in [0.15, 0.2) is 0 Å². The summed E-state index contributed by atoms with van der Waals surface area (Å²) in [5.74, 6) is 0.587. The molecule has 2 radical (unpaired) electrons. The van der Waals surface area contributed by atoms with Gasteiger partial charge in [0.1, 0.15) is 0 Å². The van der Waals surface area contributed by atoms with Gasteiger partial charge >= 0.3 is 0 Å². The van der Waals surface area contributed by atoms with E-state index in [1.807, 2.05) is 27.7 Å². The van der Waals surface area contributed by atoms with E-state index in [0.29, 0.717) is 5.92 Å².